The minimum Gasteiger partial charge on any atom is -0.370 e. The van der Waals surface area contributed by atoms with Crippen LogP contribution in [-0.4, -0.2) is 24.5 Å². The molecule has 1 aliphatic rings. The molecule has 0 atom stereocenters. The van der Waals surface area contributed by atoms with Crippen LogP contribution in [0.3, 0.4) is 0 Å². The summed E-state index contributed by atoms with van der Waals surface area (Å²) in [7, 11) is -3.77. The number of nitrogens with zero attached hydrogens (tertiary/aromatic N) is 2. The molecule has 6 nitrogen and oxygen atoms in total. The molecular weight excluding hydrogens is 338 g/mol. The number of nitrogens with one attached hydrogen (secondary N) is 1. The van der Waals surface area contributed by atoms with Crippen molar-refractivity contribution in [1.82, 2.24) is 9.97 Å². The number of hydrogen-bond donors (Lipinski definition) is 1. The lowest BCUT2D eigenvalue weighted by atomic mass is 10.2. The summed E-state index contributed by atoms with van der Waals surface area (Å²) in [4.78, 5) is 8.38. The lowest BCUT2D eigenvalue weighted by Gasteiger charge is -2.11. The van der Waals surface area contributed by atoms with Gasteiger partial charge in [-0.05, 0) is 43.5 Å². The van der Waals surface area contributed by atoms with E-state index in [1.807, 2.05) is 0 Å². The van der Waals surface area contributed by atoms with Gasteiger partial charge in [0.15, 0.2) is 5.82 Å². The Kier molecular flexibility index (Phi) is 4.52. The first-order valence-corrected chi connectivity index (χ1v) is 9.03. The molecule has 122 valence electrons. The largest absolute Gasteiger partial charge is 0.370 e. The first kappa shape index (κ1) is 16.2. The maximum Gasteiger partial charge on any atom is 0.263 e. The average Bonchev–Trinajstić information content (AvgIpc) is 3.32. The van der Waals surface area contributed by atoms with Gasteiger partial charge in [0.05, 0.1) is 11.0 Å². The third kappa shape index (κ3) is 3.99. The highest BCUT2D eigenvalue weighted by Gasteiger charge is 2.23. The Hall–Kier alpha value is -1.70. The van der Waals surface area contributed by atoms with Crippen LogP contribution >= 0.6 is 11.6 Å². The quantitative estimate of drug-likeness (QED) is 0.863. The maximum atomic E-state index is 12.5. The number of ether oxygens (including phenoxy) is 1. The standard InChI is InChI=1S/C15H16ClN3O3S/c1-10-12(16)3-2-4-13(10)23(20,21)19-14-7-8-17-15(18-14)9-22-11-5-6-11/h2-4,7-8,11H,5-6,9H2,1H3,(H,17,18,19). The topological polar surface area (TPSA) is 81.2 Å². The van der Waals surface area contributed by atoms with Gasteiger partial charge in [-0.15, -0.1) is 0 Å². The van der Waals surface area contributed by atoms with E-state index in [-0.39, 0.29) is 23.4 Å². The Labute approximate surface area is 139 Å². The molecule has 0 spiro atoms. The van der Waals surface area contributed by atoms with Crippen LogP contribution in [0.25, 0.3) is 0 Å². The Morgan fingerprint density at radius 3 is 2.87 bits per heavy atom. The van der Waals surface area contributed by atoms with Gasteiger partial charge in [0.1, 0.15) is 12.4 Å². The molecule has 3 rings (SSSR count). The monoisotopic (exact) mass is 353 g/mol. The van der Waals surface area contributed by atoms with Gasteiger partial charge in [0.25, 0.3) is 10.0 Å². The number of sulfonamides is 1. The summed E-state index contributed by atoms with van der Waals surface area (Å²) in [6, 6.07) is 6.24. The second kappa shape index (κ2) is 6.43. The number of halogens is 1. The van der Waals surface area contributed by atoms with E-state index in [0.717, 1.165) is 12.8 Å². The van der Waals surface area contributed by atoms with Crippen LogP contribution < -0.4 is 4.72 Å². The summed E-state index contributed by atoms with van der Waals surface area (Å²) < 4.78 is 33.0. The van der Waals surface area contributed by atoms with Gasteiger partial charge in [-0.3, -0.25) is 4.72 Å². The van der Waals surface area contributed by atoms with Crippen LogP contribution in [0.4, 0.5) is 5.82 Å². The van der Waals surface area contributed by atoms with Crippen molar-refractivity contribution >= 4 is 27.4 Å². The van der Waals surface area contributed by atoms with Crippen molar-refractivity contribution in [2.75, 3.05) is 4.72 Å². The van der Waals surface area contributed by atoms with E-state index in [1.165, 1.54) is 18.3 Å². The highest BCUT2D eigenvalue weighted by Crippen LogP contribution is 2.25. The van der Waals surface area contributed by atoms with Gasteiger partial charge in [-0.1, -0.05) is 17.7 Å². The van der Waals surface area contributed by atoms with Crippen molar-refractivity contribution in [3.05, 3.63) is 46.9 Å². The molecule has 1 saturated carbocycles. The van der Waals surface area contributed by atoms with Crippen molar-refractivity contribution in [2.45, 2.75) is 37.4 Å². The van der Waals surface area contributed by atoms with Crippen LogP contribution in [0, 0.1) is 6.92 Å². The Balaban J connectivity index is 1.79. The summed E-state index contributed by atoms with van der Waals surface area (Å²) in [5, 5.41) is 0.397. The van der Waals surface area contributed by atoms with Crippen LogP contribution in [0.15, 0.2) is 35.4 Å². The molecule has 0 radical (unpaired) electrons. The van der Waals surface area contributed by atoms with Crippen molar-refractivity contribution < 1.29 is 13.2 Å². The van der Waals surface area contributed by atoms with E-state index in [4.69, 9.17) is 16.3 Å². The first-order chi connectivity index (χ1) is 11.0. The highest BCUT2D eigenvalue weighted by molar-refractivity contribution is 7.92. The lowest BCUT2D eigenvalue weighted by Crippen LogP contribution is -2.16. The molecule has 23 heavy (non-hydrogen) atoms. The molecule has 0 amide bonds. The van der Waals surface area contributed by atoms with Crippen LogP contribution in [-0.2, 0) is 21.4 Å². The molecule has 8 heteroatoms. The van der Waals surface area contributed by atoms with Crippen molar-refractivity contribution in [3.8, 4) is 0 Å². The zero-order valence-corrected chi connectivity index (χ0v) is 14.1. The molecule has 0 unspecified atom stereocenters. The average molecular weight is 354 g/mol. The van der Waals surface area contributed by atoms with E-state index in [0.29, 0.717) is 16.4 Å². The molecule has 1 fully saturated rings. The number of hydrogen-bond acceptors (Lipinski definition) is 5. The highest BCUT2D eigenvalue weighted by atomic mass is 35.5. The second-order valence-corrected chi connectivity index (χ2v) is 7.39. The Morgan fingerprint density at radius 2 is 2.13 bits per heavy atom. The van der Waals surface area contributed by atoms with Gasteiger partial charge in [0, 0.05) is 11.2 Å². The summed E-state index contributed by atoms with van der Waals surface area (Å²) in [6.45, 7) is 1.93. The number of aromatic nitrogens is 2. The van der Waals surface area contributed by atoms with Crippen molar-refractivity contribution in [1.29, 1.82) is 0 Å². The van der Waals surface area contributed by atoms with Gasteiger partial charge < -0.3 is 4.74 Å². The van der Waals surface area contributed by atoms with E-state index in [9.17, 15) is 8.42 Å². The summed E-state index contributed by atoms with van der Waals surface area (Å²) in [5.41, 5.74) is 0.494. The predicted octanol–water partition coefficient (Wildman–Crippen LogP) is 2.92. The van der Waals surface area contributed by atoms with Gasteiger partial charge in [-0.2, -0.15) is 0 Å². The third-order valence-electron chi connectivity index (χ3n) is 3.42. The fourth-order valence-corrected chi connectivity index (χ4v) is 3.52. The minimum absolute atomic E-state index is 0.124. The van der Waals surface area contributed by atoms with Crippen LogP contribution in [0.1, 0.15) is 24.2 Å². The van der Waals surface area contributed by atoms with Gasteiger partial charge in [0.2, 0.25) is 0 Å². The smallest absolute Gasteiger partial charge is 0.263 e. The van der Waals surface area contributed by atoms with E-state index < -0.39 is 10.0 Å². The minimum atomic E-state index is -3.77. The molecule has 0 bridgehead atoms. The molecule has 0 aliphatic heterocycles. The van der Waals surface area contributed by atoms with E-state index >= 15 is 0 Å². The van der Waals surface area contributed by atoms with E-state index in [1.54, 1.807) is 19.1 Å². The molecule has 1 aromatic carbocycles. The molecule has 0 saturated heterocycles. The fourth-order valence-electron chi connectivity index (χ4n) is 2.02. The SMILES string of the molecule is Cc1c(Cl)cccc1S(=O)(=O)Nc1ccnc(COC2CC2)n1. The van der Waals surface area contributed by atoms with Gasteiger partial charge in [-0.25, -0.2) is 18.4 Å². The van der Waals surface area contributed by atoms with Crippen molar-refractivity contribution in [3.63, 3.8) is 0 Å². The molecular formula is C15H16ClN3O3S. The second-order valence-electron chi connectivity index (χ2n) is 5.34. The number of rotatable bonds is 6. The number of anilines is 1. The predicted molar refractivity (Wildman–Crippen MR) is 86.8 cm³/mol. The molecule has 1 heterocycles. The molecule has 1 aliphatic carbocycles. The number of benzene rings is 1. The molecule has 2 aromatic rings. The first-order valence-electron chi connectivity index (χ1n) is 7.17. The summed E-state index contributed by atoms with van der Waals surface area (Å²) >= 11 is 5.99. The zero-order chi connectivity index (χ0) is 16.4. The lowest BCUT2D eigenvalue weighted by molar-refractivity contribution is 0.101. The van der Waals surface area contributed by atoms with Crippen LogP contribution in [0.5, 0.6) is 0 Å². The van der Waals surface area contributed by atoms with Crippen LogP contribution in [0.2, 0.25) is 5.02 Å². The molecule has 1 aromatic heterocycles. The Morgan fingerprint density at radius 1 is 1.35 bits per heavy atom. The van der Waals surface area contributed by atoms with Gasteiger partial charge >= 0.3 is 0 Å². The Bertz CT molecular complexity index is 822. The maximum absolute atomic E-state index is 12.5. The summed E-state index contributed by atoms with van der Waals surface area (Å²) in [6.07, 6.45) is 3.90. The summed E-state index contributed by atoms with van der Waals surface area (Å²) in [5.74, 6) is 0.647. The fraction of sp³-hybridized carbons (Fsp3) is 0.333. The normalized spacial score (nSPS) is 14.7. The van der Waals surface area contributed by atoms with E-state index in [2.05, 4.69) is 14.7 Å². The van der Waals surface area contributed by atoms with Crippen molar-refractivity contribution in [2.24, 2.45) is 0 Å². The molecule has 1 N–H and O–H groups in total. The third-order valence-corrected chi connectivity index (χ3v) is 5.33. The zero-order valence-electron chi connectivity index (χ0n) is 12.5.